The minimum atomic E-state index is -8.26. The molecular formula is C8F16. The molecule has 0 saturated heterocycles. The van der Waals surface area contributed by atoms with Crippen molar-refractivity contribution in [2.24, 2.45) is 0 Å². The van der Waals surface area contributed by atoms with Crippen molar-refractivity contribution in [1.29, 1.82) is 0 Å². The molecule has 0 aromatic rings. The van der Waals surface area contributed by atoms with Crippen molar-refractivity contribution in [2.75, 3.05) is 0 Å². The van der Waals surface area contributed by atoms with Gasteiger partial charge in [-0.15, -0.1) is 0 Å². The predicted molar refractivity (Wildman–Crippen MR) is 39.6 cm³/mol. The van der Waals surface area contributed by atoms with Crippen molar-refractivity contribution < 1.29 is 70.2 Å². The molecule has 0 nitrogen and oxygen atoms in total. The quantitative estimate of drug-likeness (QED) is 0.498. The van der Waals surface area contributed by atoms with Crippen molar-refractivity contribution in [1.82, 2.24) is 0 Å². The van der Waals surface area contributed by atoms with Gasteiger partial charge in [0.15, 0.2) is 0 Å². The fourth-order valence-corrected chi connectivity index (χ4v) is 1.97. The third kappa shape index (κ3) is 1.64. The zero-order chi connectivity index (χ0) is 20.0. The van der Waals surface area contributed by atoms with Gasteiger partial charge in [-0.3, -0.25) is 0 Å². The largest absolute Gasteiger partial charge is 0.435 e. The van der Waals surface area contributed by atoms with E-state index in [1.807, 2.05) is 0 Å². The zero-order valence-electron chi connectivity index (χ0n) is 10.0. The maximum Gasteiger partial charge on any atom is 0.435 e. The fourth-order valence-electron chi connectivity index (χ4n) is 1.97. The summed E-state index contributed by atoms with van der Waals surface area (Å²) in [6.07, 6.45) is -15.9. The molecule has 144 valence electrons. The van der Waals surface area contributed by atoms with Gasteiger partial charge in [0.2, 0.25) is 0 Å². The highest BCUT2D eigenvalue weighted by Gasteiger charge is 3.08. The molecule has 16 heteroatoms. The number of hydrogen-bond donors (Lipinski definition) is 0. The third-order valence-electron chi connectivity index (χ3n) is 3.30. The highest BCUT2D eigenvalue weighted by molar-refractivity contribution is 5.32. The maximum atomic E-state index is 13.2. The first kappa shape index (κ1) is 20.9. The lowest BCUT2D eigenvalue weighted by Crippen LogP contribution is -2.90. The molecule has 0 spiro atoms. The highest BCUT2D eigenvalue weighted by Crippen LogP contribution is 2.74. The zero-order valence-corrected chi connectivity index (χ0v) is 10.0. The predicted octanol–water partition coefficient (Wildman–Crippen LogP) is 5.08. The summed E-state index contributed by atoms with van der Waals surface area (Å²) >= 11 is 0. The van der Waals surface area contributed by atoms with E-state index in [4.69, 9.17) is 0 Å². The molecule has 0 N–H and O–H groups in total. The molecule has 0 unspecified atom stereocenters. The van der Waals surface area contributed by atoms with Crippen molar-refractivity contribution in [3.63, 3.8) is 0 Å². The average molecular weight is 400 g/mol. The Hall–Kier alpha value is -1.12. The van der Waals surface area contributed by atoms with E-state index in [0.29, 0.717) is 0 Å². The summed E-state index contributed by atoms with van der Waals surface area (Å²) in [7, 11) is 0. The smallest absolute Gasteiger partial charge is 0.219 e. The number of alkyl halides is 16. The average Bonchev–Trinajstić information content (AvgIpc) is 2.31. The van der Waals surface area contributed by atoms with Gasteiger partial charge in [0.1, 0.15) is 0 Å². The van der Waals surface area contributed by atoms with Gasteiger partial charge in [-0.2, -0.15) is 61.5 Å². The molecule has 0 heterocycles. The summed E-state index contributed by atoms with van der Waals surface area (Å²) in [4.78, 5) is 0. The van der Waals surface area contributed by atoms with E-state index in [1.165, 1.54) is 0 Å². The van der Waals surface area contributed by atoms with E-state index in [1.54, 1.807) is 0 Å². The van der Waals surface area contributed by atoms with Gasteiger partial charge in [-0.1, -0.05) is 0 Å². The lowest BCUT2D eigenvalue weighted by molar-refractivity contribution is -0.524. The molecule has 1 fully saturated rings. The van der Waals surface area contributed by atoms with Gasteiger partial charge < -0.3 is 0 Å². The summed E-state index contributed by atoms with van der Waals surface area (Å²) in [6, 6.07) is 0. The highest BCUT2D eigenvalue weighted by atomic mass is 19.4. The van der Waals surface area contributed by atoms with Gasteiger partial charge in [0, 0.05) is 0 Å². The first-order chi connectivity index (χ1) is 10.0. The molecule has 0 aromatic carbocycles. The van der Waals surface area contributed by atoms with Crippen LogP contribution < -0.4 is 0 Å². The van der Waals surface area contributed by atoms with Crippen LogP contribution in [0.1, 0.15) is 0 Å². The van der Waals surface area contributed by atoms with Crippen LogP contribution in [0.4, 0.5) is 70.2 Å². The lowest BCUT2D eigenvalue weighted by Gasteiger charge is -2.55. The second kappa shape index (κ2) is 4.34. The SMILES string of the molecule is FC(F)(F)C1(F)C(F)(F)C(F)(F)C(F)(C(F)(F)F)C(F)(F)C1(F)F. The molecular weight excluding hydrogens is 400 g/mol. The van der Waals surface area contributed by atoms with Crippen molar-refractivity contribution >= 4 is 0 Å². The van der Waals surface area contributed by atoms with E-state index in [0.717, 1.165) is 0 Å². The van der Waals surface area contributed by atoms with Crippen molar-refractivity contribution in [3.8, 4) is 0 Å². The van der Waals surface area contributed by atoms with Gasteiger partial charge in [0.05, 0.1) is 0 Å². The van der Waals surface area contributed by atoms with Crippen LogP contribution >= 0.6 is 0 Å². The number of rotatable bonds is 0. The molecule has 0 aromatic heterocycles. The van der Waals surface area contributed by atoms with Gasteiger partial charge >= 0.3 is 47.4 Å². The van der Waals surface area contributed by atoms with E-state index in [-0.39, 0.29) is 0 Å². The normalized spacial score (nSPS) is 38.0. The van der Waals surface area contributed by atoms with Crippen LogP contribution in [0.25, 0.3) is 0 Å². The molecule has 1 aliphatic carbocycles. The Bertz CT molecular complexity index is 443. The monoisotopic (exact) mass is 400 g/mol. The van der Waals surface area contributed by atoms with Crippen LogP contribution in [-0.4, -0.2) is 47.4 Å². The Balaban J connectivity index is 4.10. The Kier molecular flexibility index (Phi) is 3.78. The van der Waals surface area contributed by atoms with E-state index < -0.39 is 47.4 Å². The molecule has 24 heavy (non-hydrogen) atoms. The summed E-state index contributed by atoms with van der Waals surface area (Å²) in [5.74, 6) is -33.0. The summed E-state index contributed by atoms with van der Waals surface area (Å²) in [5, 5.41) is 0. The van der Waals surface area contributed by atoms with E-state index >= 15 is 0 Å². The van der Waals surface area contributed by atoms with Crippen LogP contribution in [0.2, 0.25) is 0 Å². The molecule has 0 atom stereocenters. The molecule has 0 bridgehead atoms. The Morgan fingerprint density at radius 1 is 0.333 bits per heavy atom. The van der Waals surface area contributed by atoms with Crippen LogP contribution in [0.15, 0.2) is 0 Å². The molecule has 1 aliphatic rings. The first-order valence-electron chi connectivity index (χ1n) is 5.02. The maximum absolute atomic E-state index is 13.2. The minimum Gasteiger partial charge on any atom is -0.219 e. The van der Waals surface area contributed by atoms with Gasteiger partial charge in [-0.25, -0.2) is 8.78 Å². The third-order valence-corrected chi connectivity index (χ3v) is 3.30. The fraction of sp³-hybridized carbons (Fsp3) is 1.00. The molecule has 1 rings (SSSR count). The Morgan fingerprint density at radius 2 is 0.458 bits per heavy atom. The van der Waals surface area contributed by atoms with Crippen molar-refractivity contribution in [2.45, 2.75) is 47.4 Å². The van der Waals surface area contributed by atoms with Crippen LogP contribution in [0, 0.1) is 0 Å². The number of halogens is 16. The standard InChI is InChI=1S/C8F16/c9-1(7(19,20)21)3(11,12)5(15,16)2(10,8(22,23)24)6(17,18)4(1,13)14. The molecule has 1 saturated carbocycles. The Morgan fingerprint density at radius 3 is 0.542 bits per heavy atom. The van der Waals surface area contributed by atoms with Crippen LogP contribution in [-0.2, 0) is 0 Å². The topological polar surface area (TPSA) is 0 Å². The Labute approximate surface area is 119 Å². The van der Waals surface area contributed by atoms with Crippen LogP contribution in [0.3, 0.4) is 0 Å². The minimum absolute atomic E-state index is 7.93. The molecule has 0 amide bonds. The van der Waals surface area contributed by atoms with Gasteiger partial charge in [0.25, 0.3) is 0 Å². The molecule has 0 aliphatic heterocycles. The number of hydrogen-bond acceptors (Lipinski definition) is 0. The van der Waals surface area contributed by atoms with E-state index in [2.05, 4.69) is 0 Å². The van der Waals surface area contributed by atoms with E-state index in [9.17, 15) is 70.2 Å². The summed E-state index contributed by atoms with van der Waals surface area (Å²) in [5.41, 5.74) is -16.4. The van der Waals surface area contributed by atoms with Gasteiger partial charge in [-0.05, 0) is 0 Å². The molecule has 0 radical (unpaired) electrons. The van der Waals surface area contributed by atoms with Crippen LogP contribution in [0.5, 0.6) is 0 Å². The first-order valence-corrected chi connectivity index (χ1v) is 5.02. The summed E-state index contributed by atoms with van der Waals surface area (Å²) < 4.78 is 203. The second-order valence-electron chi connectivity index (χ2n) is 4.61. The summed E-state index contributed by atoms with van der Waals surface area (Å²) in [6.45, 7) is 0. The van der Waals surface area contributed by atoms with Crippen molar-refractivity contribution in [3.05, 3.63) is 0 Å². The lowest BCUT2D eigenvalue weighted by atomic mass is 9.66. The second-order valence-corrected chi connectivity index (χ2v) is 4.61.